The monoisotopic (exact) mass is 373 g/mol. The summed E-state index contributed by atoms with van der Waals surface area (Å²) in [4.78, 5) is 7.00. The number of aliphatic imine (C=N–C) groups is 1. The first kappa shape index (κ1) is 18.7. The van der Waals surface area contributed by atoms with Crippen molar-refractivity contribution in [1.82, 2.24) is 0 Å². The smallest absolute Gasteiger partial charge is 0.389 e. The maximum atomic E-state index is 12.3. The van der Waals surface area contributed by atoms with Crippen LogP contribution in [-0.2, 0) is 13.0 Å². The lowest BCUT2D eigenvalue weighted by molar-refractivity contribution is -0.135. The van der Waals surface area contributed by atoms with E-state index in [1.807, 2.05) is 17.5 Å². The predicted molar refractivity (Wildman–Crippen MR) is 95.8 cm³/mol. The Kier molecular flexibility index (Phi) is 6.17. The number of anilines is 1. The number of nitrogen functional groups attached to an aromatic ring is 1. The van der Waals surface area contributed by atoms with Gasteiger partial charge in [0.05, 0.1) is 22.8 Å². The maximum Gasteiger partial charge on any atom is 0.389 e. The number of hydrogen-bond acceptors (Lipinski definition) is 5. The van der Waals surface area contributed by atoms with Crippen molar-refractivity contribution in [3.63, 3.8) is 0 Å². The summed E-state index contributed by atoms with van der Waals surface area (Å²) in [5.74, 6) is 0. The van der Waals surface area contributed by atoms with Crippen LogP contribution < -0.4 is 5.73 Å². The summed E-state index contributed by atoms with van der Waals surface area (Å²) in [7, 11) is 0. The maximum absolute atomic E-state index is 12.3. The van der Waals surface area contributed by atoms with E-state index in [1.165, 1.54) is 11.3 Å². The molecular weight excluding hydrogens is 355 g/mol. The Morgan fingerprint density at radius 3 is 2.75 bits per heavy atom. The molecule has 0 atom stereocenters. The number of nitrogens with zero attached hydrogens (tertiary/aromatic N) is 1. The normalized spacial score (nSPS) is 12.6. The summed E-state index contributed by atoms with van der Waals surface area (Å²) < 4.78 is 36.9. The van der Waals surface area contributed by atoms with Gasteiger partial charge in [0.15, 0.2) is 0 Å². The molecule has 0 fully saturated rings. The first-order valence-electron chi connectivity index (χ1n) is 7.34. The lowest BCUT2D eigenvalue weighted by Gasteiger charge is -2.05. The summed E-state index contributed by atoms with van der Waals surface area (Å²) in [5, 5.41) is 9.53. The number of rotatable bonds is 7. The van der Waals surface area contributed by atoms with E-state index in [1.54, 1.807) is 18.3 Å². The van der Waals surface area contributed by atoms with Crippen LogP contribution in [0.15, 0.2) is 22.5 Å². The first-order valence-corrected chi connectivity index (χ1v) is 9.03. The van der Waals surface area contributed by atoms with Crippen molar-refractivity contribution in [2.75, 3.05) is 5.73 Å². The van der Waals surface area contributed by atoms with Crippen LogP contribution in [0, 0.1) is 12.3 Å². The van der Waals surface area contributed by atoms with E-state index >= 15 is 0 Å². The molecule has 3 nitrogen and oxygen atoms in total. The molecule has 2 aromatic heterocycles. The highest BCUT2D eigenvalue weighted by atomic mass is 32.1. The Bertz CT molecular complexity index is 716. The van der Waals surface area contributed by atoms with Gasteiger partial charge in [0, 0.05) is 22.4 Å². The Morgan fingerprint density at radius 2 is 2.17 bits per heavy atom. The van der Waals surface area contributed by atoms with Crippen LogP contribution in [0.4, 0.5) is 18.9 Å². The van der Waals surface area contributed by atoms with Gasteiger partial charge in [-0.2, -0.15) is 13.2 Å². The molecule has 130 valence electrons. The largest absolute Gasteiger partial charge is 0.397 e. The molecule has 2 aromatic rings. The van der Waals surface area contributed by atoms with Crippen LogP contribution in [-0.4, -0.2) is 18.1 Å². The van der Waals surface area contributed by atoms with Gasteiger partial charge < -0.3 is 11.1 Å². The van der Waals surface area contributed by atoms with Crippen LogP contribution in [0.3, 0.4) is 0 Å². The average molecular weight is 373 g/mol. The number of nitrogens with one attached hydrogen (secondary N) is 1. The summed E-state index contributed by atoms with van der Waals surface area (Å²) >= 11 is 2.92. The molecule has 0 aromatic carbocycles. The first-order chi connectivity index (χ1) is 11.3. The fraction of sp³-hybridized carbons (Fsp3) is 0.375. The van der Waals surface area contributed by atoms with E-state index in [0.29, 0.717) is 29.2 Å². The van der Waals surface area contributed by atoms with Crippen LogP contribution in [0.2, 0.25) is 0 Å². The third-order valence-electron chi connectivity index (χ3n) is 3.51. The summed E-state index contributed by atoms with van der Waals surface area (Å²) in [6.45, 7) is 2.27. The number of nitrogens with two attached hydrogens (primary N) is 1. The lowest BCUT2D eigenvalue weighted by atomic mass is 10.1. The van der Waals surface area contributed by atoms with E-state index in [-0.39, 0.29) is 6.42 Å². The quantitative estimate of drug-likeness (QED) is 0.642. The minimum atomic E-state index is -4.14. The highest BCUT2D eigenvalue weighted by Crippen LogP contribution is 2.33. The van der Waals surface area contributed by atoms with Crippen LogP contribution in [0.1, 0.15) is 33.0 Å². The van der Waals surface area contributed by atoms with E-state index in [4.69, 9.17) is 11.1 Å². The topological polar surface area (TPSA) is 62.2 Å². The van der Waals surface area contributed by atoms with E-state index in [2.05, 4.69) is 4.99 Å². The predicted octanol–water partition coefficient (Wildman–Crippen LogP) is 5.22. The summed E-state index contributed by atoms with van der Waals surface area (Å²) in [6, 6.07) is 3.89. The minimum Gasteiger partial charge on any atom is -0.397 e. The van der Waals surface area contributed by atoms with Crippen LogP contribution in [0.5, 0.6) is 0 Å². The molecular formula is C16H18F3N3S2. The van der Waals surface area contributed by atoms with E-state index < -0.39 is 12.6 Å². The Labute approximate surface area is 146 Å². The molecule has 2 rings (SSSR count). The Hall–Kier alpha value is -1.67. The van der Waals surface area contributed by atoms with Crippen LogP contribution in [0.25, 0.3) is 0 Å². The van der Waals surface area contributed by atoms with Gasteiger partial charge in [0.2, 0.25) is 0 Å². The number of hydrogen-bond donors (Lipinski definition) is 2. The Morgan fingerprint density at radius 1 is 1.42 bits per heavy atom. The molecule has 0 radical (unpaired) electrons. The highest BCUT2D eigenvalue weighted by molar-refractivity contribution is 7.15. The van der Waals surface area contributed by atoms with Gasteiger partial charge in [-0.05, 0) is 36.8 Å². The number of thiophene rings is 2. The second-order valence-electron chi connectivity index (χ2n) is 5.29. The van der Waals surface area contributed by atoms with Crippen molar-refractivity contribution in [3.8, 4) is 0 Å². The standard InChI is InChI=1S/C16H18F3N3S2/c1-10-13(5-2-6-16(17,18)19)24-15(14(10)21)12(8-20)22-9-11-4-3-7-23-11/h3-4,7-8,20H,2,5-6,9,21H2,1H3. The second kappa shape index (κ2) is 7.94. The molecule has 0 spiro atoms. The van der Waals surface area contributed by atoms with E-state index in [9.17, 15) is 13.2 Å². The molecule has 0 bridgehead atoms. The van der Waals surface area contributed by atoms with Gasteiger partial charge >= 0.3 is 6.18 Å². The summed E-state index contributed by atoms with van der Waals surface area (Å²) in [5.41, 5.74) is 7.87. The van der Waals surface area contributed by atoms with Gasteiger partial charge in [0.1, 0.15) is 0 Å². The van der Waals surface area contributed by atoms with Crippen LogP contribution >= 0.6 is 22.7 Å². The van der Waals surface area contributed by atoms with Crippen molar-refractivity contribution in [2.45, 2.75) is 38.9 Å². The molecule has 0 saturated carbocycles. The highest BCUT2D eigenvalue weighted by Gasteiger charge is 2.26. The molecule has 0 unspecified atom stereocenters. The van der Waals surface area contributed by atoms with E-state index in [0.717, 1.165) is 21.5 Å². The molecule has 0 saturated heterocycles. The van der Waals surface area contributed by atoms with Crippen molar-refractivity contribution >= 4 is 40.3 Å². The zero-order valence-corrected chi connectivity index (χ0v) is 14.7. The van der Waals surface area contributed by atoms with Gasteiger partial charge in [-0.1, -0.05) is 6.07 Å². The molecule has 0 amide bonds. The van der Waals surface area contributed by atoms with Crippen molar-refractivity contribution < 1.29 is 13.2 Å². The number of alkyl halides is 3. The second-order valence-corrected chi connectivity index (χ2v) is 7.42. The third kappa shape index (κ3) is 4.91. The SMILES string of the molecule is Cc1c(CCCC(F)(F)F)sc(C(C=N)=NCc2cccs2)c1N. The van der Waals surface area contributed by atoms with Crippen molar-refractivity contribution in [3.05, 3.63) is 37.7 Å². The Balaban J connectivity index is 2.15. The molecule has 0 aliphatic rings. The van der Waals surface area contributed by atoms with Gasteiger partial charge in [0.25, 0.3) is 0 Å². The number of halogens is 3. The summed E-state index contributed by atoms with van der Waals surface area (Å²) in [6.07, 6.45) is -3.42. The van der Waals surface area contributed by atoms with Crippen molar-refractivity contribution in [2.24, 2.45) is 4.99 Å². The minimum absolute atomic E-state index is 0.0377. The molecule has 3 N–H and O–H groups in total. The lowest BCUT2D eigenvalue weighted by Crippen LogP contribution is -2.07. The van der Waals surface area contributed by atoms with Crippen molar-refractivity contribution in [1.29, 1.82) is 5.41 Å². The fourth-order valence-electron chi connectivity index (χ4n) is 2.20. The zero-order chi connectivity index (χ0) is 17.7. The van der Waals surface area contributed by atoms with Gasteiger partial charge in [-0.25, -0.2) is 0 Å². The fourth-order valence-corrected chi connectivity index (χ4v) is 4.08. The zero-order valence-electron chi connectivity index (χ0n) is 13.1. The van der Waals surface area contributed by atoms with Gasteiger partial charge in [-0.15, -0.1) is 22.7 Å². The molecule has 0 aliphatic carbocycles. The van der Waals surface area contributed by atoms with Gasteiger partial charge in [-0.3, -0.25) is 4.99 Å². The molecule has 8 heteroatoms. The molecule has 24 heavy (non-hydrogen) atoms. The molecule has 0 aliphatic heterocycles. The molecule has 2 heterocycles. The average Bonchev–Trinajstić information content (AvgIpc) is 3.11. The third-order valence-corrected chi connectivity index (χ3v) is 5.76. The number of aryl methyl sites for hydroxylation is 1.